The van der Waals surface area contributed by atoms with Gasteiger partial charge >= 0.3 is 0 Å². The number of carbonyl (C=O) groups excluding carboxylic acids is 2. The lowest BCUT2D eigenvalue weighted by atomic mass is 9.97. The second-order valence-electron chi connectivity index (χ2n) is 8.74. The minimum atomic E-state index is -3.76. The lowest BCUT2D eigenvalue weighted by molar-refractivity contribution is -0.126. The molecule has 0 aromatic heterocycles. The van der Waals surface area contributed by atoms with Crippen molar-refractivity contribution in [1.82, 2.24) is 9.62 Å². The molecule has 2 heterocycles. The maximum Gasteiger partial charge on any atom is 0.265 e. The summed E-state index contributed by atoms with van der Waals surface area (Å²) in [5.41, 5.74) is 3.20. The van der Waals surface area contributed by atoms with Gasteiger partial charge in [0.15, 0.2) is 6.10 Å². The predicted octanol–water partition coefficient (Wildman–Crippen LogP) is 2.74. The molecule has 8 nitrogen and oxygen atoms in total. The van der Waals surface area contributed by atoms with Crippen molar-refractivity contribution in [2.24, 2.45) is 5.92 Å². The Kier molecular flexibility index (Phi) is 6.45. The van der Waals surface area contributed by atoms with Gasteiger partial charge in [0.2, 0.25) is 15.9 Å². The van der Waals surface area contributed by atoms with Crippen LogP contribution in [0.2, 0.25) is 0 Å². The normalized spacial score (nSPS) is 19.4. The number of nitrogens with one attached hydrogen (secondary N) is 2. The summed E-state index contributed by atoms with van der Waals surface area (Å²) in [6, 6.07) is 11.1. The molecule has 176 valence electrons. The van der Waals surface area contributed by atoms with Gasteiger partial charge in [-0.1, -0.05) is 29.8 Å². The molecule has 2 amide bonds. The molecule has 1 unspecified atom stereocenters. The molecule has 0 aliphatic carbocycles. The molecule has 0 bridgehead atoms. The van der Waals surface area contributed by atoms with E-state index in [4.69, 9.17) is 4.74 Å². The van der Waals surface area contributed by atoms with Crippen LogP contribution in [0.25, 0.3) is 0 Å². The largest absolute Gasteiger partial charge is 0.479 e. The van der Waals surface area contributed by atoms with Crippen LogP contribution in [-0.4, -0.2) is 43.7 Å². The number of hydrogen-bond acceptors (Lipinski definition) is 5. The van der Waals surface area contributed by atoms with Gasteiger partial charge in [0.1, 0.15) is 5.75 Å². The summed E-state index contributed by atoms with van der Waals surface area (Å²) in [7, 11) is -3.76. The first-order valence-corrected chi connectivity index (χ1v) is 12.5. The topological polar surface area (TPSA) is 105 Å². The molecule has 0 spiro atoms. The highest BCUT2D eigenvalue weighted by Crippen LogP contribution is 2.36. The van der Waals surface area contributed by atoms with Gasteiger partial charge in [-0.15, -0.1) is 0 Å². The Morgan fingerprint density at radius 2 is 1.82 bits per heavy atom. The summed E-state index contributed by atoms with van der Waals surface area (Å²) in [5, 5.41) is 5.70. The predicted molar refractivity (Wildman–Crippen MR) is 124 cm³/mol. The fraction of sp³-hybridized carbons (Fsp3) is 0.417. The van der Waals surface area contributed by atoms with E-state index in [1.165, 1.54) is 15.9 Å². The monoisotopic (exact) mass is 471 g/mol. The number of sulfonamides is 1. The van der Waals surface area contributed by atoms with Gasteiger partial charge in [-0.05, 0) is 50.8 Å². The molecule has 1 atom stereocenters. The van der Waals surface area contributed by atoms with Gasteiger partial charge in [-0.2, -0.15) is 4.31 Å². The Labute approximate surface area is 194 Å². The molecule has 1 saturated heterocycles. The third-order valence-corrected chi connectivity index (χ3v) is 8.28. The number of piperidine rings is 1. The number of fused-ring (bicyclic) bond motifs is 1. The molecule has 0 saturated carbocycles. The van der Waals surface area contributed by atoms with E-state index < -0.39 is 16.1 Å². The zero-order valence-corrected chi connectivity index (χ0v) is 19.9. The maximum absolute atomic E-state index is 13.3. The van der Waals surface area contributed by atoms with Crippen LogP contribution in [0.5, 0.6) is 5.75 Å². The second-order valence-corrected chi connectivity index (χ2v) is 10.7. The lowest BCUT2D eigenvalue weighted by Gasteiger charge is -2.31. The van der Waals surface area contributed by atoms with E-state index >= 15 is 0 Å². The number of ether oxygens (including phenoxy) is 1. The number of aryl methyl sites for hydroxylation is 2. The van der Waals surface area contributed by atoms with Gasteiger partial charge in [0, 0.05) is 31.6 Å². The fourth-order valence-corrected chi connectivity index (χ4v) is 5.85. The summed E-state index contributed by atoms with van der Waals surface area (Å²) in [5.74, 6) is -0.182. The third kappa shape index (κ3) is 4.89. The van der Waals surface area contributed by atoms with Crippen LogP contribution >= 0.6 is 0 Å². The number of hydrogen-bond donors (Lipinski definition) is 2. The SMILES string of the molecule is Cc1ccc(CNC(=O)C2CCN(S(=O)(=O)c3cc4c(cc3C)NC(=O)C(C)O4)CC2)cc1. The van der Waals surface area contributed by atoms with Crippen LogP contribution < -0.4 is 15.4 Å². The average molecular weight is 472 g/mol. The second kappa shape index (κ2) is 9.15. The van der Waals surface area contributed by atoms with Crippen LogP contribution in [0, 0.1) is 19.8 Å². The number of anilines is 1. The molecular weight excluding hydrogens is 442 g/mol. The first-order chi connectivity index (χ1) is 15.6. The van der Waals surface area contributed by atoms with Crippen molar-refractivity contribution >= 4 is 27.5 Å². The first kappa shape index (κ1) is 23.3. The molecular formula is C24H29N3O5S. The number of carbonyl (C=O) groups is 2. The summed E-state index contributed by atoms with van der Waals surface area (Å²) >= 11 is 0. The van der Waals surface area contributed by atoms with E-state index in [-0.39, 0.29) is 35.7 Å². The minimum Gasteiger partial charge on any atom is -0.479 e. The maximum atomic E-state index is 13.3. The quantitative estimate of drug-likeness (QED) is 0.698. The number of nitrogens with zero attached hydrogens (tertiary/aromatic N) is 1. The highest BCUT2D eigenvalue weighted by Gasteiger charge is 2.34. The van der Waals surface area contributed by atoms with Gasteiger partial charge < -0.3 is 15.4 Å². The number of amides is 2. The molecule has 9 heteroatoms. The van der Waals surface area contributed by atoms with Crippen molar-refractivity contribution in [3.8, 4) is 5.75 Å². The Hall–Kier alpha value is -2.91. The van der Waals surface area contributed by atoms with Gasteiger partial charge in [0.05, 0.1) is 10.6 Å². The fourth-order valence-electron chi connectivity index (χ4n) is 4.16. The molecule has 2 aliphatic heterocycles. The highest BCUT2D eigenvalue weighted by molar-refractivity contribution is 7.89. The van der Waals surface area contributed by atoms with Crippen LogP contribution in [-0.2, 0) is 26.2 Å². The Bertz CT molecular complexity index is 1170. The molecule has 4 rings (SSSR count). The van der Waals surface area contributed by atoms with Gasteiger partial charge in [-0.25, -0.2) is 8.42 Å². The van der Waals surface area contributed by atoms with Crippen molar-refractivity contribution in [3.63, 3.8) is 0 Å². The zero-order valence-electron chi connectivity index (χ0n) is 19.1. The van der Waals surface area contributed by atoms with E-state index in [0.717, 1.165) is 5.56 Å². The number of rotatable bonds is 5. The Morgan fingerprint density at radius 1 is 1.15 bits per heavy atom. The van der Waals surface area contributed by atoms with Crippen LogP contribution in [0.15, 0.2) is 41.3 Å². The summed E-state index contributed by atoms with van der Waals surface area (Å²) in [6.07, 6.45) is 0.240. The molecule has 2 N–H and O–H groups in total. The average Bonchev–Trinajstić information content (AvgIpc) is 2.79. The minimum absolute atomic E-state index is 0.0456. The first-order valence-electron chi connectivity index (χ1n) is 11.1. The van der Waals surface area contributed by atoms with Crippen molar-refractivity contribution in [2.75, 3.05) is 18.4 Å². The van der Waals surface area contributed by atoms with E-state index in [1.807, 2.05) is 31.2 Å². The third-order valence-electron chi connectivity index (χ3n) is 6.24. The van der Waals surface area contributed by atoms with Crippen molar-refractivity contribution in [2.45, 2.75) is 51.2 Å². The standard InChI is InChI=1S/C24H29N3O5S/c1-15-4-6-18(7-5-15)14-25-24(29)19-8-10-27(11-9-19)33(30,31)22-13-21-20(12-16(22)2)26-23(28)17(3)32-21/h4-7,12-13,17,19H,8-11,14H2,1-3H3,(H,25,29)(H,26,28). The van der Waals surface area contributed by atoms with Crippen molar-refractivity contribution < 1.29 is 22.7 Å². The van der Waals surface area contributed by atoms with E-state index in [2.05, 4.69) is 10.6 Å². The smallest absolute Gasteiger partial charge is 0.265 e. The summed E-state index contributed by atoms with van der Waals surface area (Å²) < 4.78 is 33.7. The molecule has 0 radical (unpaired) electrons. The highest BCUT2D eigenvalue weighted by atomic mass is 32.2. The lowest BCUT2D eigenvalue weighted by Crippen LogP contribution is -2.43. The zero-order chi connectivity index (χ0) is 23.8. The van der Waals surface area contributed by atoms with Crippen LogP contribution in [0.1, 0.15) is 36.5 Å². The summed E-state index contributed by atoms with van der Waals surface area (Å²) in [6.45, 7) is 6.33. The van der Waals surface area contributed by atoms with E-state index in [1.54, 1.807) is 19.9 Å². The number of benzene rings is 2. The van der Waals surface area contributed by atoms with Crippen molar-refractivity contribution in [3.05, 3.63) is 53.1 Å². The van der Waals surface area contributed by atoms with Gasteiger partial charge in [-0.3, -0.25) is 9.59 Å². The van der Waals surface area contributed by atoms with Crippen LogP contribution in [0.4, 0.5) is 5.69 Å². The van der Waals surface area contributed by atoms with Gasteiger partial charge in [0.25, 0.3) is 5.91 Å². The molecule has 2 aromatic carbocycles. The van der Waals surface area contributed by atoms with E-state index in [9.17, 15) is 18.0 Å². The van der Waals surface area contributed by atoms with Crippen molar-refractivity contribution in [1.29, 1.82) is 0 Å². The van der Waals surface area contributed by atoms with E-state index in [0.29, 0.717) is 36.4 Å². The molecule has 33 heavy (non-hydrogen) atoms. The Morgan fingerprint density at radius 3 is 2.48 bits per heavy atom. The molecule has 1 fully saturated rings. The van der Waals surface area contributed by atoms with Crippen LogP contribution in [0.3, 0.4) is 0 Å². The molecule has 2 aliphatic rings. The summed E-state index contributed by atoms with van der Waals surface area (Å²) in [4.78, 5) is 24.6. The molecule has 2 aromatic rings. The Balaban J connectivity index is 1.40.